The molecule has 0 radical (unpaired) electrons. The molecule has 34 heavy (non-hydrogen) atoms. The molecule has 0 spiro atoms. The average molecular weight is 466 g/mol. The van der Waals surface area contributed by atoms with Gasteiger partial charge in [0.05, 0.1) is 7.11 Å². The number of anilines is 1. The summed E-state index contributed by atoms with van der Waals surface area (Å²) in [6.45, 7) is 3.22. The van der Waals surface area contributed by atoms with Gasteiger partial charge in [0.2, 0.25) is 5.91 Å². The zero-order valence-electron chi connectivity index (χ0n) is 20.6. The maximum atomic E-state index is 13.0. The van der Waals surface area contributed by atoms with Crippen molar-refractivity contribution in [3.05, 3.63) is 59.7 Å². The Hall–Kier alpha value is -3.02. The molecule has 0 saturated heterocycles. The molecule has 1 aliphatic rings. The Morgan fingerprint density at radius 1 is 0.971 bits per heavy atom. The standard InChI is InChI=1S/C28H39N3O3/c1-3-7-21-10-12-23(13-11-21)27(32)31-26(20-22-8-5-4-6-9-22)28(33)30-19-18-29-24-14-16-25(34-2)17-15-24/h10-17,22,26,29H,3-9,18-20H2,1-2H3,(H,30,33)(H,31,32)/t26-/m0/s1. The minimum Gasteiger partial charge on any atom is -0.497 e. The van der Waals surface area contributed by atoms with E-state index in [9.17, 15) is 9.59 Å². The van der Waals surface area contributed by atoms with Crippen molar-refractivity contribution in [3.63, 3.8) is 0 Å². The van der Waals surface area contributed by atoms with Gasteiger partial charge in [0.15, 0.2) is 0 Å². The number of hydrogen-bond donors (Lipinski definition) is 3. The van der Waals surface area contributed by atoms with Crippen molar-refractivity contribution in [1.82, 2.24) is 10.6 Å². The molecular formula is C28H39N3O3. The monoisotopic (exact) mass is 465 g/mol. The first-order valence-electron chi connectivity index (χ1n) is 12.6. The molecule has 3 N–H and O–H groups in total. The van der Waals surface area contributed by atoms with Gasteiger partial charge in [-0.25, -0.2) is 0 Å². The van der Waals surface area contributed by atoms with Crippen molar-refractivity contribution in [2.24, 2.45) is 5.92 Å². The van der Waals surface area contributed by atoms with Crippen LogP contribution in [-0.2, 0) is 11.2 Å². The van der Waals surface area contributed by atoms with E-state index in [1.807, 2.05) is 48.5 Å². The third kappa shape index (κ3) is 8.08. The van der Waals surface area contributed by atoms with Gasteiger partial charge in [-0.3, -0.25) is 9.59 Å². The van der Waals surface area contributed by atoms with Gasteiger partial charge in [-0.2, -0.15) is 0 Å². The lowest BCUT2D eigenvalue weighted by Crippen LogP contribution is -2.48. The second-order valence-electron chi connectivity index (χ2n) is 9.16. The zero-order chi connectivity index (χ0) is 24.2. The van der Waals surface area contributed by atoms with Gasteiger partial charge in [0.25, 0.3) is 5.91 Å². The van der Waals surface area contributed by atoms with Crippen molar-refractivity contribution in [1.29, 1.82) is 0 Å². The van der Waals surface area contributed by atoms with Gasteiger partial charge in [-0.05, 0) is 60.7 Å². The first kappa shape index (κ1) is 25.6. The van der Waals surface area contributed by atoms with Gasteiger partial charge in [0, 0.05) is 24.3 Å². The molecule has 2 amide bonds. The van der Waals surface area contributed by atoms with Crippen molar-refractivity contribution < 1.29 is 14.3 Å². The van der Waals surface area contributed by atoms with Crippen molar-refractivity contribution in [3.8, 4) is 5.75 Å². The van der Waals surface area contributed by atoms with Crippen LogP contribution in [0.5, 0.6) is 5.75 Å². The minimum atomic E-state index is -0.521. The molecule has 3 rings (SSSR count). The highest BCUT2D eigenvalue weighted by atomic mass is 16.5. The highest BCUT2D eigenvalue weighted by molar-refractivity contribution is 5.97. The SMILES string of the molecule is CCCc1ccc(C(=O)N[C@@H](CC2CCCCC2)C(=O)NCCNc2ccc(OC)cc2)cc1. The molecule has 2 aromatic carbocycles. The molecule has 0 unspecified atom stereocenters. The molecule has 0 aliphatic heterocycles. The van der Waals surface area contributed by atoms with E-state index in [1.165, 1.54) is 24.8 Å². The second-order valence-corrected chi connectivity index (χ2v) is 9.16. The molecule has 6 heteroatoms. The Morgan fingerprint density at radius 2 is 1.68 bits per heavy atom. The van der Waals surface area contributed by atoms with Crippen LogP contribution in [0.15, 0.2) is 48.5 Å². The Morgan fingerprint density at radius 3 is 2.32 bits per heavy atom. The Balaban J connectivity index is 1.54. The summed E-state index contributed by atoms with van der Waals surface area (Å²) in [5.41, 5.74) is 2.79. The van der Waals surface area contributed by atoms with E-state index in [4.69, 9.17) is 4.74 Å². The quantitative estimate of drug-likeness (QED) is 0.388. The molecule has 1 fully saturated rings. The van der Waals surface area contributed by atoms with E-state index in [2.05, 4.69) is 22.9 Å². The summed E-state index contributed by atoms with van der Waals surface area (Å²) in [4.78, 5) is 26.0. The van der Waals surface area contributed by atoms with Crippen LogP contribution in [-0.4, -0.2) is 38.1 Å². The fourth-order valence-electron chi connectivity index (χ4n) is 4.57. The lowest BCUT2D eigenvalue weighted by molar-refractivity contribution is -0.123. The molecule has 6 nitrogen and oxygen atoms in total. The maximum Gasteiger partial charge on any atom is 0.251 e. The van der Waals surface area contributed by atoms with Gasteiger partial charge in [-0.1, -0.05) is 57.6 Å². The predicted molar refractivity (Wildman–Crippen MR) is 137 cm³/mol. The molecule has 0 bridgehead atoms. The van der Waals surface area contributed by atoms with Crippen LogP contribution in [0.1, 0.15) is 67.8 Å². The van der Waals surface area contributed by atoms with E-state index in [0.29, 0.717) is 31.0 Å². The minimum absolute atomic E-state index is 0.113. The maximum absolute atomic E-state index is 13.0. The number of methoxy groups -OCH3 is 1. The van der Waals surface area contributed by atoms with Gasteiger partial charge in [0.1, 0.15) is 11.8 Å². The van der Waals surface area contributed by atoms with Crippen molar-refractivity contribution in [2.45, 2.75) is 64.3 Å². The third-order valence-corrected chi connectivity index (χ3v) is 6.51. The molecule has 2 aromatic rings. The van der Waals surface area contributed by atoms with Crippen LogP contribution in [0.2, 0.25) is 0 Å². The molecule has 1 atom stereocenters. The van der Waals surface area contributed by atoms with Crippen molar-refractivity contribution >= 4 is 17.5 Å². The fraction of sp³-hybridized carbons (Fsp3) is 0.500. The van der Waals surface area contributed by atoms with E-state index in [-0.39, 0.29) is 11.8 Å². The smallest absolute Gasteiger partial charge is 0.251 e. The van der Waals surface area contributed by atoms with Crippen LogP contribution in [0.25, 0.3) is 0 Å². The van der Waals surface area contributed by atoms with E-state index >= 15 is 0 Å². The fourth-order valence-corrected chi connectivity index (χ4v) is 4.57. The van der Waals surface area contributed by atoms with E-state index in [0.717, 1.165) is 37.1 Å². The molecular weight excluding hydrogens is 426 g/mol. The van der Waals surface area contributed by atoms with Gasteiger partial charge >= 0.3 is 0 Å². The molecule has 1 saturated carbocycles. The summed E-state index contributed by atoms with van der Waals surface area (Å²) in [6.07, 6.45) is 8.70. The molecule has 184 valence electrons. The predicted octanol–water partition coefficient (Wildman–Crippen LogP) is 4.94. The average Bonchev–Trinajstić information content (AvgIpc) is 2.87. The first-order chi connectivity index (χ1) is 16.6. The van der Waals surface area contributed by atoms with Crippen LogP contribution in [0.4, 0.5) is 5.69 Å². The largest absolute Gasteiger partial charge is 0.497 e. The second kappa shape index (κ2) is 13.6. The number of amides is 2. The number of hydrogen-bond acceptors (Lipinski definition) is 4. The zero-order valence-corrected chi connectivity index (χ0v) is 20.6. The van der Waals surface area contributed by atoms with E-state index in [1.54, 1.807) is 7.11 Å². The van der Waals surface area contributed by atoms with Crippen LogP contribution in [0, 0.1) is 5.92 Å². The summed E-state index contributed by atoms with van der Waals surface area (Å²) in [5, 5.41) is 9.32. The number of carbonyl (C=O) groups excluding carboxylic acids is 2. The van der Waals surface area contributed by atoms with Crippen LogP contribution < -0.4 is 20.7 Å². The van der Waals surface area contributed by atoms with Gasteiger partial charge < -0.3 is 20.7 Å². The Bertz CT molecular complexity index is 890. The number of nitrogens with one attached hydrogen (secondary N) is 3. The van der Waals surface area contributed by atoms with E-state index < -0.39 is 6.04 Å². The highest BCUT2D eigenvalue weighted by Gasteiger charge is 2.26. The summed E-state index contributed by atoms with van der Waals surface area (Å²) in [7, 11) is 1.64. The summed E-state index contributed by atoms with van der Waals surface area (Å²) >= 11 is 0. The topological polar surface area (TPSA) is 79.5 Å². The number of benzene rings is 2. The number of carbonyl (C=O) groups is 2. The highest BCUT2D eigenvalue weighted by Crippen LogP contribution is 2.27. The lowest BCUT2D eigenvalue weighted by Gasteiger charge is -2.26. The van der Waals surface area contributed by atoms with Crippen molar-refractivity contribution in [2.75, 3.05) is 25.5 Å². The molecule has 0 aromatic heterocycles. The first-order valence-corrected chi connectivity index (χ1v) is 12.6. The number of aryl methyl sites for hydroxylation is 1. The lowest BCUT2D eigenvalue weighted by atomic mass is 9.84. The normalized spacial score (nSPS) is 14.8. The van der Waals surface area contributed by atoms with Crippen LogP contribution >= 0.6 is 0 Å². The number of rotatable bonds is 12. The molecule has 0 heterocycles. The van der Waals surface area contributed by atoms with Gasteiger partial charge in [-0.15, -0.1) is 0 Å². The summed E-state index contributed by atoms with van der Waals surface area (Å²) < 4.78 is 5.18. The Labute approximate surface area is 203 Å². The Kier molecular flexibility index (Phi) is 10.3. The summed E-state index contributed by atoms with van der Waals surface area (Å²) in [5.74, 6) is 0.989. The van der Waals surface area contributed by atoms with Crippen LogP contribution in [0.3, 0.4) is 0 Å². The molecule has 1 aliphatic carbocycles. The third-order valence-electron chi connectivity index (χ3n) is 6.51. The summed E-state index contributed by atoms with van der Waals surface area (Å²) in [6, 6.07) is 14.9. The number of ether oxygens (including phenoxy) is 1.